The number of hydrogen-bond donors (Lipinski definition) is 0. The molecule has 0 aromatic heterocycles. The molecule has 3 aromatic carbocycles. The normalized spacial score (nSPS) is 10.0. The topological polar surface area (TPSA) is 20.3 Å². The molecule has 3 rings (SSSR count). The van der Waals surface area contributed by atoms with Crippen molar-refractivity contribution in [3.8, 4) is 0 Å². The Bertz CT molecular complexity index is 756. The van der Waals surface area contributed by atoms with Crippen LogP contribution < -0.4 is 10.7 Å². The molecule has 0 aliphatic heterocycles. The molecule has 3 aromatic rings. The van der Waals surface area contributed by atoms with Crippen molar-refractivity contribution >= 4 is 48.4 Å². The zero-order valence-corrected chi connectivity index (χ0v) is 22.3. The van der Waals surface area contributed by atoms with Crippen molar-refractivity contribution < 1.29 is 4.79 Å². The van der Waals surface area contributed by atoms with Crippen LogP contribution in [0.3, 0.4) is 0 Å². The third-order valence-electron chi connectivity index (χ3n) is 5.01. The van der Waals surface area contributed by atoms with Crippen molar-refractivity contribution in [2.75, 3.05) is 13.1 Å². The van der Waals surface area contributed by atoms with E-state index >= 15 is 0 Å². The van der Waals surface area contributed by atoms with Gasteiger partial charge in [0.05, 0.1) is 0 Å². The quantitative estimate of drug-likeness (QED) is 0.290. The summed E-state index contributed by atoms with van der Waals surface area (Å²) < 4.78 is 4.59. The molecule has 0 fully saturated rings. The molecular weight excluding hydrogens is 505 g/mol. The Morgan fingerprint density at radius 1 is 0.677 bits per heavy atom. The minimum absolute atomic E-state index is 0.197. The van der Waals surface area contributed by atoms with E-state index in [0.29, 0.717) is 0 Å². The van der Waals surface area contributed by atoms with Gasteiger partial charge in [0.25, 0.3) is 0 Å². The van der Waals surface area contributed by atoms with Crippen LogP contribution >= 0.6 is 0 Å². The van der Waals surface area contributed by atoms with Gasteiger partial charge in [-0.1, -0.05) is 26.7 Å². The number of amides is 1. The number of hydrogen-bond acceptors (Lipinski definition) is 2. The summed E-state index contributed by atoms with van der Waals surface area (Å²) in [4.78, 5) is 12.7. The predicted molar refractivity (Wildman–Crippen MR) is 138 cm³/mol. The van der Waals surface area contributed by atoms with Crippen molar-refractivity contribution in [3.63, 3.8) is 0 Å². The Hall–Kier alpha value is -1.85. The molecule has 162 valence electrons. The maximum atomic E-state index is 10.9. The van der Waals surface area contributed by atoms with Crippen LogP contribution in [-0.4, -0.2) is 43.0 Å². The van der Waals surface area contributed by atoms with Crippen molar-refractivity contribution in [2.24, 2.45) is 0 Å². The second kappa shape index (κ2) is 15.0. The summed E-state index contributed by atoms with van der Waals surface area (Å²) in [5.74, 6) is 0. The minimum atomic E-state index is -1.98. The monoisotopic (exact) mass is 539 g/mol. The molecule has 0 atom stereocenters. The number of benzene rings is 3. The van der Waals surface area contributed by atoms with Gasteiger partial charge in [0, 0.05) is 13.1 Å². The van der Waals surface area contributed by atoms with Crippen LogP contribution in [-0.2, 0) is 12.6 Å². The number of unbranched alkanes of at least 4 members (excludes halogenated alkanes) is 2. The Labute approximate surface area is 200 Å². The van der Waals surface area contributed by atoms with Crippen molar-refractivity contribution in [1.29, 1.82) is 0 Å². The van der Waals surface area contributed by atoms with Gasteiger partial charge in [-0.05, 0) is 12.8 Å². The second-order valence-electron chi connectivity index (χ2n) is 7.43. The van der Waals surface area contributed by atoms with Gasteiger partial charge in [-0.3, -0.25) is 0 Å². The SMILES string of the molecule is CCCCN(CCCC)C(=O)[S-].c1cc[c]([Sn+]([c]2ccccc2)[c]2ccccc2)cc1. The molecule has 0 bridgehead atoms. The fourth-order valence-corrected chi connectivity index (χ4v) is 10.8. The molecule has 0 saturated heterocycles. The first-order valence-electron chi connectivity index (χ1n) is 11.2. The Kier molecular flexibility index (Phi) is 12.3. The molecule has 31 heavy (non-hydrogen) atoms. The fraction of sp³-hybridized carbons (Fsp3) is 0.296. The Morgan fingerprint density at radius 3 is 1.26 bits per heavy atom. The molecule has 1 amide bonds. The zero-order chi connectivity index (χ0) is 22.3. The first-order valence-corrected chi connectivity index (χ1v) is 15.8. The van der Waals surface area contributed by atoms with Crippen LogP contribution in [0.4, 0.5) is 4.79 Å². The van der Waals surface area contributed by atoms with Crippen molar-refractivity contribution in [1.82, 2.24) is 4.90 Å². The van der Waals surface area contributed by atoms with Gasteiger partial charge < -0.3 is 22.3 Å². The molecule has 4 heteroatoms. The van der Waals surface area contributed by atoms with E-state index < -0.39 is 19.8 Å². The van der Waals surface area contributed by atoms with E-state index in [4.69, 9.17) is 0 Å². The Balaban J connectivity index is 0.000000248. The van der Waals surface area contributed by atoms with Gasteiger partial charge in [0.15, 0.2) is 0 Å². The molecule has 0 saturated carbocycles. The zero-order valence-electron chi connectivity index (χ0n) is 18.7. The van der Waals surface area contributed by atoms with Gasteiger partial charge in [-0.2, -0.15) is 0 Å². The standard InChI is InChI=1S/C9H19NOS.3C6H5.Sn/c1-3-5-7-10(9(11)12)8-6-4-2;3*1-2-4-6-5-3-1;/h3-8H2,1-2H3,(H,11,12);3*1-5H;/q;;;;+1/p-1. The first-order chi connectivity index (χ1) is 15.2. The molecule has 0 spiro atoms. The van der Waals surface area contributed by atoms with Crippen LogP contribution in [0.15, 0.2) is 91.0 Å². The van der Waals surface area contributed by atoms with Gasteiger partial charge in [0.1, 0.15) is 5.24 Å². The van der Waals surface area contributed by atoms with E-state index in [9.17, 15) is 4.79 Å². The number of rotatable bonds is 9. The van der Waals surface area contributed by atoms with Crippen molar-refractivity contribution in [2.45, 2.75) is 39.5 Å². The average molecular weight is 538 g/mol. The summed E-state index contributed by atoms with van der Waals surface area (Å²) in [5, 5.41) is -0.197. The summed E-state index contributed by atoms with van der Waals surface area (Å²) in [6.45, 7) is 5.90. The average Bonchev–Trinajstić information content (AvgIpc) is 2.82. The van der Waals surface area contributed by atoms with E-state index in [0.717, 1.165) is 38.8 Å². The van der Waals surface area contributed by atoms with Crippen LogP contribution in [0.5, 0.6) is 0 Å². The van der Waals surface area contributed by atoms with Gasteiger partial charge in [0.2, 0.25) is 0 Å². The van der Waals surface area contributed by atoms with Crippen LogP contribution in [0, 0.1) is 0 Å². The fourth-order valence-electron chi connectivity index (χ4n) is 3.31. The van der Waals surface area contributed by atoms with E-state index in [-0.39, 0.29) is 5.24 Å². The molecule has 2 nitrogen and oxygen atoms in total. The van der Waals surface area contributed by atoms with E-state index in [1.807, 2.05) is 0 Å². The second-order valence-corrected chi connectivity index (χ2v) is 14.9. The molecule has 0 aliphatic carbocycles. The molecule has 0 N–H and O–H groups in total. The number of carbonyl (C=O) groups excluding carboxylic acids is 1. The van der Waals surface area contributed by atoms with Gasteiger partial charge in [-0.25, -0.2) is 0 Å². The molecule has 0 aliphatic rings. The van der Waals surface area contributed by atoms with E-state index in [2.05, 4.69) is 117 Å². The summed E-state index contributed by atoms with van der Waals surface area (Å²) in [6.07, 6.45) is 4.36. The molecule has 0 heterocycles. The molecule has 0 unspecified atom stereocenters. The molecular formula is C27H33NOSSn. The van der Waals surface area contributed by atoms with Gasteiger partial charge >= 0.3 is 121 Å². The molecule has 0 radical (unpaired) electrons. The summed E-state index contributed by atoms with van der Waals surface area (Å²) >= 11 is 2.63. The number of nitrogens with zero attached hydrogens (tertiary/aromatic N) is 1. The summed E-state index contributed by atoms with van der Waals surface area (Å²) in [7, 11) is 0. The van der Waals surface area contributed by atoms with Crippen LogP contribution in [0.2, 0.25) is 0 Å². The van der Waals surface area contributed by atoms with Crippen LogP contribution in [0.25, 0.3) is 0 Å². The third-order valence-corrected chi connectivity index (χ3v) is 13.1. The van der Waals surface area contributed by atoms with Crippen LogP contribution in [0.1, 0.15) is 39.5 Å². The predicted octanol–water partition coefficient (Wildman–Crippen LogP) is 4.76. The van der Waals surface area contributed by atoms with Gasteiger partial charge in [-0.15, -0.1) is 0 Å². The summed E-state index contributed by atoms with van der Waals surface area (Å²) in [6, 6.07) is 32.9. The first kappa shape index (κ1) is 25.4. The van der Waals surface area contributed by atoms with Crippen molar-refractivity contribution in [3.05, 3.63) is 91.0 Å². The van der Waals surface area contributed by atoms with E-state index in [1.54, 1.807) is 4.90 Å². The third kappa shape index (κ3) is 9.04. The Morgan fingerprint density at radius 2 is 1.00 bits per heavy atom. The number of carbonyl (C=O) groups is 1. The maximum absolute atomic E-state index is 10.9. The summed E-state index contributed by atoms with van der Waals surface area (Å²) in [5.41, 5.74) is 0. The van der Waals surface area contributed by atoms with E-state index in [1.165, 1.54) is 10.7 Å².